The molecule has 1 unspecified atom stereocenters. The molecule has 0 amide bonds. The Labute approximate surface area is 96.6 Å². The molecule has 1 aromatic rings. The van der Waals surface area contributed by atoms with Gasteiger partial charge < -0.3 is 10.4 Å². The van der Waals surface area contributed by atoms with Crippen molar-refractivity contribution >= 4 is 17.5 Å². The fraction of sp³-hybridized carbons (Fsp3) is 0.400. The molecule has 0 bridgehead atoms. The SMILES string of the molecule is O=C(O)C(Nc1cc([N+](=O)[O-])ccn1)C1CC1. The van der Waals surface area contributed by atoms with Gasteiger partial charge in [0.2, 0.25) is 0 Å². The number of carboxylic acid groups (broad SMARTS) is 1. The summed E-state index contributed by atoms with van der Waals surface area (Å²) in [6.07, 6.45) is 3.00. The van der Waals surface area contributed by atoms with Crippen LogP contribution in [0, 0.1) is 16.0 Å². The predicted molar refractivity (Wildman–Crippen MR) is 58.7 cm³/mol. The van der Waals surface area contributed by atoms with Crippen LogP contribution in [0.15, 0.2) is 18.3 Å². The van der Waals surface area contributed by atoms with Gasteiger partial charge in [0.1, 0.15) is 11.9 Å². The van der Waals surface area contributed by atoms with E-state index >= 15 is 0 Å². The highest BCUT2D eigenvalue weighted by molar-refractivity contribution is 5.77. The lowest BCUT2D eigenvalue weighted by molar-refractivity contribution is -0.384. The van der Waals surface area contributed by atoms with Gasteiger partial charge in [-0.2, -0.15) is 0 Å². The summed E-state index contributed by atoms with van der Waals surface area (Å²) < 4.78 is 0. The molecule has 0 saturated heterocycles. The zero-order valence-electron chi connectivity index (χ0n) is 8.87. The standard InChI is InChI=1S/C10H11N3O4/c14-10(15)9(6-1-2-6)12-8-5-7(13(16)17)3-4-11-8/h3-6,9H,1-2H2,(H,11,12)(H,14,15). The van der Waals surface area contributed by atoms with Crippen LogP contribution in [-0.2, 0) is 4.79 Å². The van der Waals surface area contributed by atoms with Crippen molar-refractivity contribution < 1.29 is 14.8 Å². The minimum Gasteiger partial charge on any atom is -0.480 e. The fourth-order valence-corrected chi connectivity index (χ4v) is 1.58. The third kappa shape index (κ3) is 2.68. The zero-order chi connectivity index (χ0) is 12.4. The van der Waals surface area contributed by atoms with E-state index in [4.69, 9.17) is 5.11 Å². The number of aliphatic carboxylic acids is 1. The molecule has 1 aliphatic carbocycles. The number of nitrogens with zero attached hydrogens (tertiary/aromatic N) is 2. The first kappa shape index (κ1) is 11.3. The normalized spacial score (nSPS) is 16.2. The molecule has 1 heterocycles. The highest BCUT2D eigenvalue weighted by Gasteiger charge is 2.36. The number of hydrogen-bond donors (Lipinski definition) is 2. The summed E-state index contributed by atoms with van der Waals surface area (Å²) in [5.74, 6) is -0.645. The van der Waals surface area contributed by atoms with Crippen LogP contribution in [0.25, 0.3) is 0 Å². The molecule has 0 spiro atoms. The molecule has 90 valence electrons. The largest absolute Gasteiger partial charge is 0.480 e. The first-order valence-corrected chi connectivity index (χ1v) is 5.17. The average molecular weight is 237 g/mol. The topological polar surface area (TPSA) is 105 Å². The molecule has 1 aromatic heterocycles. The fourth-order valence-electron chi connectivity index (χ4n) is 1.58. The van der Waals surface area contributed by atoms with Gasteiger partial charge in [0, 0.05) is 12.3 Å². The van der Waals surface area contributed by atoms with Gasteiger partial charge in [0.25, 0.3) is 5.69 Å². The number of carbonyl (C=O) groups is 1. The van der Waals surface area contributed by atoms with E-state index < -0.39 is 16.9 Å². The Bertz CT molecular complexity index is 459. The molecular formula is C10H11N3O4. The van der Waals surface area contributed by atoms with Crippen molar-refractivity contribution in [2.75, 3.05) is 5.32 Å². The Morgan fingerprint density at radius 2 is 2.35 bits per heavy atom. The van der Waals surface area contributed by atoms with Crippen molar-refractivity contribution in [3.05, 3.63) is 28.4 Å². The monoisotopic (exact) mass is 237 g/mol. The van der Waals surface area contributed by atoms with Crippen LogP contribution in [0.3, 0.4) is 0 Å². The number of rotatable bonds is 5. The molecule has 0 aromatic carbocycles. The van der Waals surface area contributed by atoms with Crippen LogP contribution in [0.5, 0.6) is 0 Å². The van der Waals surface area contributed by atoms with Gasteiger partial charge in [-0.1, -0.05) is 0 Å². The predicted octanol–water partition coefficient (Wildman–Crippen LogP) is 1.26. The Balaban J connectivity index is 2.14. The summed E-state index contributed by atoms with van der Waals surface area (Å²) in [5.41, 5.74) is -0.109. The van der Waals surface area contributed by atoms with Crippen molar-refractivity contribution in [2.45, 2.75) is 18.9 Å². The molecule has 0 aliphatic heterocycles. The van der Waals surface area contributed by atoms with E-state index in [1.807, 2.05) is 0 Å². The lowest BCUT2D eigenvalue weighted by atomic mass is 10.2. The molecule has 2 N–H and O–H groups in total. The first-order valence-electron chi connectivity index (χ1n) is 5.17. The number of carboxylic acids is 1. The maximum atomic E-state index is 11.0. The zero-order valence-corrected chi connectivity index (χ0v) is 8.87. The third-order valence-electron chi connectivity index (χ3n) is 2.62. The molecule has 1 aliphatic rings. The van der Waals surface area contributed by atoms with Crippen molar-refractivity contribution in [3.63, 3.8) is 0 Å². The molecule has 1 atom stereocenters. The molecule has 17 heavy (non-hydrogen) atoms. The maximum Gasteiger partial charge on any atom is 0.326 e. The highest BCUT2D eigenvalue weighted by atomic mass is 16.6. The smallest absolute Gasteiger partial charge is 0.326 e. The number of aromatic nitrogens is 1. The van der Waals surface area contributed by atoms with Crippen LogP contribution in [-0.4, -0.2) is 27.0 Å². The molecule has 1 saturated carbocycles. The number of hydrogen-bond acceptors (Lipinski definition) is 5. The Morgan fingerprint density at radius 1 is 1.65 bits per heavy atom. The van der Waals surface area contributed by atoms with E-state index in [1.165, 1.54) is 18.3 Å². The third-order valence-corrected chi connectivity index (χ3v) is 2.62. The molecule has 7 nitrogen and oxygen atoms in total. The van der Waals surface area contributed by atoms with Gasteiger partial charge in [-0.3, -0.25) is 10.1 Å². The van der Waals surface area contributed by atoms with Crippen molar-refractivity contribution in [2.24, 2.45) is 5.92 Å². The summed E-state index contributed by atoms with van der Waals surface area (Å²) in [7, 11) is 0. The number of pyridine rings is 1. The summed E-state index contributed by atoms with van der Waals surface area (Å²) in [6.45, 7) is 0. The summed E-state index contributed by atoms with van der Waals surface area (Å²) >= 11 is 0. The van der Waals surface area contributed by atoms with E-state index in [1.54, 1.807) is 0 Å². The van der Waals surface area contributed by atoms with Gasteiger partial charge in [0.15, 0.2) is 0 Å². The average Bonchev–Trinajstić information content (AvgIpc) is 3.09. The summed E-state index contributed by atoms with van der Waals surface area (Å²) in [4.78, 5) is 24.9. The second kappa shape index (κ2) is 4.36. The lowest BCUT2D eigenvalue weighted by Gasteiger charge is -2.13. The maximum absolute atomic E-state index is 11.0. The van der Waals surface area contributed by atoms with E-state index in [2.05, 4.69) is 10.3 Å². The van der Waals surface area contributed by atoms with Gasteiger partial charge in [-0.25, -0.2) is 9.78 Å². The van der Waals surface area contributed by atoms with Gasteiger partial charge in [-0.05, 0) is 18.8 Å². The first-order chi connectivity index (χ1) is 8.08. The highest BCUT2D eigenvalue weighted by Crippen LogP contribution is 2.34. The van der Waals surface area contributed by atoms with Gasteiger partial charge >= 0.3 is 5.97 Å². The number of nitro groups is 1. The summed E-state index contributed by atoms with van der Waals surface area (Å²) in [5, 5.41) is 22.3. The molecular weight excluding hydrogens is 226 g/mol. The molecule has 0 radical (unpaired) electrons. The Morgan fingerprint density at radius 3 is 2.88 bits per heavy atom. The van der Waals surface area contributed by atoms with E-state index in [-0.39, 0.29) is 17.4 Å². The minimum atomic E-state index is -0.958. The second-order valence-electron chi connectivity index (χ2n) is 3.95. The second-order valence-corrected chi connectivity index (χ2v) is 3.95. The van der Waals surface area contributed by atoms with E-state index in [9.17, 15) is 14.9 Å². The Hall–Kier alpha value is -2.18. The van der Waals surface area contributed by atoms with Crippen LogP contribution in [0.2, 0.25) is 0 Å². The number of anilines is 1. The van der Waals surface area contributed by atoms with Crippen LogP contribution < -0.4 is 5.32 Å². The lowest BCUT2D eigenvalue weighted by Crippen LogP contribution is -2.31. The van der Waals surface area contributed by atoms with E-state index in [0.717, 1.165) is 12.8 Å². The number of nitrogens with one attached hydrogen (secondary N) is 1. The molecule has 1 fully saturated rings. The van der Waals surface area contributed by atoms with Crippen molar-refractivity contribution in [3.8, 4) is 0 Å². The quantitative estimate of drug-likeness (QED) is 0.590. The van der Waals surface area contributed by atoms with Crippen LogP contribution >= 0.6 is 0 Å². The van der Waals surface area contributed by atoms with Gasteiger partial charge in [0.05, 0.1) is 11.0 Å². The molecule has 7 heteroatoms. The summed E-state index contributed by atoms with van der Waals surface area (Å²) in [6, 6.07) is 1.78. The minimum absolute atomic E-state index is 0.0913. The Kier molecular flexibility index (Phi) is 2.90. The van der Waals surface area contributed by atoms with Crippen LogP contribution in [0.4, 0.5) is 11.5 Å². The van der Waals surface area contributed by atoms with E-state index in [0.29, 0.717) is 0 Å². The van der Waals surface area contributed by atoms with Gasteiger partial charge in [-0.15, -0.1) is 0 Å². The van der Waals surface area contributed by atoms with Crippen molar-refractivity contribution in [1.82, 2.24) is 4.98 Å². The van der Waals surface area contributed by atoms with Crippen LogP contribution in [0.1, 0.15) is 12.8 Å². The molecule has 2 rings (SSSR count). The van der Waals surface area contributed by atoms with Crippen molar-refractivity contribution in [1.29, 1.82) is 0 Å².